The standard InChI is InChI=1S/C12H25NO5S/c1-7-8-10(9(2)18-19(6,15)16)13-11(14)17-12(3,4)5/h9-10H,7-8H2,1-6H3,(H,13,14)/t9-,10-/m1/s1. The van der Waals surface area contributed by atoms with Crippen LogP contribution in [-0.4, -0.2) is 38.5 Å². The van der Waals surface area contributed by atoms with Crippen molar-refractivity contribution in [2.75, 3.05) is 6.26 Å². The van der Waals surface area contributed by atoms with Gasteiger partial charge in [-0.2, -0.15) is 8.42 Å². The minimum Gasteiger partial charge on any atom is -0.444 e. The molecule has 0 unspecified atom stereocenters. The number of amides is 1. The third kappa shape index (κ3) is 9.72. The van der Waals surface area contributed by atoms with E-state index in [9.17, 15) is 13.2 Å². The van der Waals surface area contributed by atoms with Gasteiger partial charge in [-0.15, -0.1) is 0 Å². The van der Waals surface area contributed by atoms with Crippen LogP contribution in [0, 0.1) is 0 Å². The van der Waals surface area contributed by atoms with Gasteiger partial charge in [0.1, 0.15) is 5.60 Å². The third-order valence-electron chi connectivity index (χ3n) is 2.20. The zero-order chi connectivity index (χ0) is 15.3. The van der Waals surface area contributed by atoms with Crippen molar-refractivity contribution in [1.29, 1.82) is 0 Å². The number of rotatable bonds is 6. The van der Waals surface area contributed by atoms with Crippen LogP contribution in [0.1, 0.15) is 47.5 Å². The van der Waals surface area contributed by atoms with Crippen molar-refractivity contribution in [2.24, 2.45) is 0 Å². The number of ether oxygens (including phenoxy) is 1. The molecule has 1 amide bonds. The molecule has 6 nitrogen and oxygen atoms in total. The van der Waals surface area contributed by atoms with Gasteiger partial charge in [-0.3, -0.25) is 4.18 Å². The van der Waals surface area contributed by atoms with E-state index < -0.39 is 34.0 Å². The maximum Gasteiger partial charge on any atom is 0.407 e. The van der Waals surface area contributed by atoms with Crippen molar-refractivity contribution >= 4 is 16.2 Å². The molecule has 0 aromatic carbocycles. The fourth-order valence-corrected chi connectivity index (χ4v) is 2.22. The maximum atomic E-state index is 11.7. The molecule has 0 aromatic heterocycles. The lowest BCUT2D eigenvalue weighted by Gasteiger charge is -2.26. The van der Waals surface area contributed by atoms with E-state index in [1.807, 2.05) is 6.92 Å². The topological polar surface area (TPSA) is 81.7 Å². The summed E-state index contributed by atoms with van der Waals surface area (Å²) >= 11 is 0. The summed E-state index contributed by atoms with van der Waals surface area (Å²) in [6.45, 7) is 8.84. The predicted molar refractivity (Wildman–Crippen MR) is 73.5 cm³/mol. The molecule has 0 bridgehead atoms. The number of carbonyl (C=O) groups is 1. The van der Waals surface area contributed by atoms with E-state index in [4.69, 9.17) is 8.92 Å². The summed E-state index contributed by atoms with van der Waals surface area (Å²) in [5.74, 6) is 0. The average molecular weight is 295 g/mol. The first kappa shape index (κ1) is 18.2. The van der Waals surface area contributed by atoms with Crippen molar-refractivity contribution < 1.29 is 22.1 Å². The van der Waals surface area contributed by atoms with E-state index >= 15 is 0 Å². The van der Waals surface area contributed by atoms with Crippen LogP contribution in [-0.2, 0) is 19.0 Å². The molecule has 0 aliphatic carbocycles. The molecule has 19 heavy (non-hydrogen) atoms. The quantitative estimate of drug-likeness (QED) is 0.758. The van der Waals surface area contributed by atoms with Crippen LogP contribution in [0.2, 0.25) is 0 Å². The van der Waals surface area contributed by atoms with Crippen LogP contribution in [0.4, 0.5) is 4.79 Å². The van der Waals surface area contributed by atoms with E-state index in [2.05, 4.69) is 5.32 Å². The molecule has 0 spiro atoms. The highest BCUT2D eigenvalue weighted by Crippen LogP contribution is 2.11. The second-order valence-electron chi connectivity index (χ2n) is 5.55. The number of alkyl carbamates (subject to hydrolysis) is 1. The Balaban J connectivity index is 4.60. The zero-order valence-electron chi connectivity index (χ0n) is 12.5. The van der Waals surface area contributed by atoms with Crippen LogP contribution in [0.3, 0.4) is 0 Å². The van der Waals surface area contributed by atoms with Crippen molar-refractivity contribution in [1.82, 2.24) is 5.32 Å². The minimum atomic E-state index is -3.55. The lowest BCUT2D eigenvalue weighted by Crippen LogP contribution is -2.45. The summed E-state index contributed by atoms with van der Waals surface area (Å²) in [5, 5.41) is 2.65. The molecule has 0 saturated heterocycles. The summed E-state index contributed by atoms with van der Waals surface area (Å²) in [6, 6.07) is -0.408. The predicted octanol–water partition coefficient (Wildman–Crippen LogP) is 2.04. The first-order valence-electron chi connectivity index (χ1n) is 6.32. The molecule has 0 heterocycles. The van der Waals surface area contributed by atoms with Gasteiger partial charge in [-0.05, 0) is 34.1 Å². The van der Waals surface area contributed by atoms with E-state index in [1.54, 1.807) is 27.7 Å². The fraction of sp³-hybridized carbons (Fsp3) is 0.917. The first-order chi connectivity index (χ1) is 8.44. The van der Waals surface area contributed by atoms with Crippen LogP contribution in [0.15, 0.2) is 0 Å². The minimum absolute atomic E-state index is 0.408. The number of nitrogens with one attached hydrogen (secondary N) is 1. The summed E-state index contributed by atoms with van der Waals surface area (Å²) in [4.78, 5) is 11.7. The summed E-state index contributed by atoms with van der Waals surface area (Å²) < 4.78 is 32.2. The largest absolute Gasteiger partial charge is 0.444 e. The van der Waals surface area contributed by atoms with E-state index in [-0.39, 0.29) is 0 Å². The van der Waals surface area contributed by atoms with E-state index in [1.165, 1.54) is 0 Å². The lowest BCUT2D eigenvalue weighted by molar-refractivity contribution is 0.0451. The SMILES string of the molecule is CCC[C@@H](NC(=O)OC(C)(C)C)[C@@H](C)OS(C)(=O)=O. The van der Waals surface area contributed by atoms with Gasteiger partial charge in [0.25, 0.3) is 10.1 Å². The van der Waals surface area contributed by atoms with Crippen molar-refractivity contribution in [2.45, 2.75) is 65.2 Å². The van der Waals surface area contributed by atoms with Crippen LogP contribution < -0.4 is 5.32 Å². The molecule has 0 rings (SSSR count). The second kappa shape index (κ2) is 7.09. The monoisotopic (exact) mass is 295 g/mol. The molecule has 0 fully saturated rings. The highest BCUT2D eigenvalue weighted by molar-refractivity contribution is 7.86. The van der Waals surface area contributed by atoms with Crippen molar-refractivity contribution in [3.63, 3.8) is 0 Å². The Hall–Kier alpha value is -0.820. The Kier molecular flexibility index (Phi) is 6.79. The first-order valence-corrected chi connectivity index (χ1v) is 8.14. The molecule has 0 aromatic rings. The Morgan fingerprint density at radius 3 is 2.21 bits per heavy atom. The molecule has 0 aliphatic heterocycles. The van der Waals surface area contributed by atoms with Gasteiger partial charge in [-0.1, -0.05) is 13.3 Å². The van der Waals surface area contributed by atoms with E-state index in [0.29, 0.717) is 6.42 Å². The van der Waals surface area contributed by atoms with Crippen molar-refractivity contribution in [3.8, 4) is 0 Å². The van der Waals surface area contributed by atoms with Gasteiger partial charge >= 0.3 is 6.09 Å². The van der Waals surface area contributed by atoms with Gasteiger partial charge in [-0.25, -0.2) is 4.79 Å². The van der Waals surface area contributed by atoms with Crippen molar-refractivity contribution in [3.05, 3.63) is 0 Å². The second-order valence-corrected chi connectivity index (χ2v) is 7.15. The normalized spacial score (nSPS) is 15.7. The molecular weight excluding hydrogens is 270 g/mol. The molecule has 7 heteroatoms. The highest BCUT2D eigenvalue weighted by atomic mass is 32.2. The van der Waals surface area contributed by atoms with Gasteiger partial charge in [0.05, 0.1) is 18.4 Å². The molecule has 114 valence electrons. The Morgan fingerprint density at radius 2 is 1.84 bits per heavy atom. The summed E-state index contributed by atoms with van der Waals surface area (Å²) in [6.07, 6.45) is 1.17. The van der Waals surface area contributed by atoms with E-state index in [0.717, 1.165) is 12.7 Å². The molecule has 2 atom stereocenters. The summed E-state index contributed by atoms with van der Waals surface area (Å²) in [7, 11) is -3.55. The average Bonchev–Trinajstić information content (AvgIpc) is 2.10. The van der Waals surface area contributed by atoms with Crippen LogP contribution in [0.25, 0.3) is 0 Å². The summed E-state index contributed by atoms with van der Waals surface area (Å²) in [5.41, 5.74) is -0.595. The Morgan fingerprint density at radius 1 is 1.32 bits per heavy atom. The highest BCUT2D eigenvalue weighted by Gasteiger charge is 2.25. The third-order valence-corrected chi connectivity index (χ3v) is 2.85. The number of hydrogen-bond acceptors (Lipinski definition) is 5. The number of hydrogen-bond donors (Lipinski definition) is 1. The van der Waals surface area contributed by atoms with Gasteiger partial charge < -0.3 is 10.1 Å². The smallest absolute Gasteiger partial charge is 0.407 e. The van der Waals surface area contributed by atoms with Crippen LogP contribution >= 0.6 is 0 Å². The molecular formula is C12H25NO5S. The van der Waals surface area contributed by atoms with Gasteiger partial charge in [0, 0.05) is 0 Å². The molecule has 0 aliphatic rings. The zero-order valence-corrected chi connectivity index (χ0v) is 13.3. The number of carbonyl (C=O) groups excluding carboxylic acids is 1. The fourth-order valence-electron chi connectivity index (χ4n) is 1.54. The van der Waals surface area contributed by atoms with Gasteiger partial charge in [0.2, 0.25) is 0 Å². The maximum absolute atomic E-state index is 11.7. The van der Waals surface area contributed by atoms with Crippen LogP contribution in [0.5, 0.6) is 0 Å². The molecule has 1 N–H and O–H groups in total. The Bertz CT molecular complexity index is 385. The lowest BCUT2D eigenvalue weighted by atomic mass is 10.1. The van der Waals surface area contributed by atoms with Gasteiger partial charge in [0.15, 0.2) is 0 Å². The molecule has 0 saturated carbocycles. The molecule has 0 radical (unpaired) electrons. The Labute approximate surface area is 116 Å².